The lowest BCUT2D eigenvalue weighted by atomic mass is 9.99. The molecule has 1 aromatic carbocycles. The van der Waals surface area contributed by atoms with Gasteiger partial charge in [-0.15, -0.1) is 0 Å². The zero-order valence-electron chi connectivity index (χ0n) is 11.6. The highest BCUT2D eigenvalue weighted by Gasteiger charge is 2.20. The number of hydrogen-bond donors (Lipinski definition) is 1. The maximum atomic E-state index is 14.3. The molecule has 0 saturated carbocycles. The molecule has 0 aliphatic carbocycles. The Morgan fingerprint density at radius 1 is 1.29 bits per heavy atom. The predicted octanol–water partition coefficient (Wildman–Crippen LogP) is 3.83. The fourth-order valence-corrected chi connectivity index (χ4v) is 2.66. The predicted molar refractivity (Wildman–Crippen MR) is 82.1 cm³/mol. The summed E-state index contributed by atoms with van der Waals surface area (Å²) in [4.78, 5) is 0. The molecule has 1 unspecified atom stereocenters. The van der Waals surface area contributed by atoms with Gasteiger partial charge in [0.1, 0.15) is 5.82 Å². The van der Waals surface area contributed by atoms with Crippen LogP contribution in [0.1, 0.15) is 24.1 Å². The largest absolute Gasteiger partial charge is 0.306 e. The first kappa shape index (κ1) is 14.0. The van der Waals surface area contributed by atoms with Crippen molar-refractivity contribution in [2.24, 2.45) is 0 Å². The quantitative estimate of drug-likeness (QED) is 0.794. The molecule has 0 bridgehead atoms. The van der Waals surface area contributed by atoms with Crippen LogP contribution in [0, 0.1) is 5.82 Å². The Labute approximate surface area is 127 Å². The van der Waals surface area contributed by atoms with Crippen molar-refractivity contribution in [1.82, 2.24) is 14.9 Å². The monoisotopic (exact) mass is 303 g/mol. The summed E-state index contributed by atoms with van der Waals surface area (Å²) in [7, 11) is 0. The number of hydrogen-bond acceptors (Lipinski definition) is 2. The average molecular weight is 304 g/mol. The highest BCUT2D eigenvalue weighted by molar-refractivity contribution is 6.30. The molecule has 0 aliphatic rings. The van der Waals surface area contributed by atoms with E-state index < -0.39 is 0 Å². The fraction of sp³-hybridized carbons (Fsp3) is 0.188. The Bertz CT molecular complexity index is 769. The second-order valence-corrected chi connectivity index (χ2v) is 5.22. The van der Waals surface area contributed by atoms with Gasteiger partial charge in [-0.05, 0) is 30.8 Å². The van der Waals surface area contributed by atoms with Crippen molar-refractivity contribution in [2.45, 2.75) is 13.0 Å². The SMILES string of the molecule is CCNC(c1ccc(Cl)cc1F)c1cnn2ccccc12. The molecular weight excluding hydrogens is 289 g/mol. The van der Waals surface area contributed by atoms with E-state index in [1.54, 1.807) is 22.8 Å². The first-order chi connectivity index (χ1) is 10.2. The zero-order chi connectivity index (χ0) is 14.8. The Hall–Kier alpha value is -1.91. The maximum absolute atomic E-state index is 14.3. The zero-order valence-corrected chi connectivity index (χ0v) is 12.3. The molecule has 2 aromatic heterocycles. The fourth-order valence-electron chi connectivity index (χ4n) is 2.50. The van der Waals surface area contributed by atoms with Crippen molar-refractivity contribution in [1.29, 1.82) is 0 Å². The van der Waals surface area contributed by atoms with E-state index in [1.165, 1.54) is 6.07 Å². The molecule has 21 heavy (non-hydrogen) atoms. The van der Waals surface area contributed by atoms with E-state index in [9.17, 15) is 4.39 Å². The number of nitrogens with one attached hydrogen (secondary N) is 1. The van der Waals surface area contributed by atoms with Gasteiger partial charge in [0, 0.05) is 22.3 Å². The number of aromatic nitrogens is 2. The molecule has 3 rings (SSSR count). The van der Waals surface area contributed by atoms with Crippen LogP contribution in [0.4, 0.5) is 4.39 Å². The number of fused-ring (bicyclic) bond motifs is 1. The number of nitrogens with zero attached hydrogens (tertiary/aromatic N) is 2. The smallest absolute Gasteiger partial charge is 0.129 e. The van der Waals surface area contributed by atoms with Crippen molar-refractivity contribution in [3.8, 4) is 0 Å². The van der Waals surface area contributed by atoms with E-state index in [2.05, 4.69) is 10.4 Å². The van der Waals surface area contributed by atoms with Gasteiger partial charge in [-0.25, -0.2) is 8.91 Å². The number of rotatable bonds is 4. The summed E-state index contributed by atoms with van der Waals surface area (Å²) < 4.78 is 16.0. The molecule has 0 amide bonds. The van der Waals surface area contributed by atoms with Crippen LogP contribution >= 0.6 is 11.6 Å². The van der Waals surface area contributed by atoms with Crippen LogP contribution in [-0.4, -0.2) is 16.2 Å². The summed E-state index contributed by atoms with van der Waals surface area (Å²) >= 11 is 5.84. The van der Waals surface area contributed by atoms with Gasteiger partial charge in [-0.2, -0.15) is 5.10 Å². The molecule has 0 spiro atoms. The maximum Gasteiger partial charge on any atom is 0.129 e. The summed E-state index contributed by atoms with van der Waals surface area (Å²) in [5.41, 5.74) is 2.47. The average Bonchev–Trinajstić information content (AvgIpc) is 2.89. The second kappa shape index (κ2) is 5.84. The summed E-state index contributed by atoms with van der Waals surface area (Å²) in [5, 5.41) is 8.03. The molecule has 1 atom stereocenters. The van der Waals surface area contributed by atoms with Crippen molar-refractivity contribution in [3.63, 3.8) is 0 Å². The normalized spacial score (nSPS) is 12.7. The van der Waals surface area contributed by atoms with Gasteiger partial charge in [0.05, 0.1) is 17.8 Å². The Kier molecular flexibility index (Phi) is 3.90. The Morgan fingerprint density at radius 3 is 2.90 bits per heavy atom. The van der Waals surface area contributed by atoms with Gasteiger partial charge in [-0.3, -0.25) is 0 Å². The van der Waals surface area contributed by atoms with E-state index >= 15 is 0 Å². The molecule has 0 aliphatic heterocycles. The van der Waals surface area contributed by atoms with Crippen molar-refractivity contribution < 1.29 is 4.39 Å². The van der Waals surface area contributed by atoms with Crippen molar-refractivity contribution >= 4 is 17.1 Å². The first-order valence-electron chi connectivity index (χ1n) is 6.81. The third-order valence-electron chi connectivity index (χ3n) is 3.45. The second-order valence-electron chi connectivity index (χ2n) is 4.79. The lowest BCUT2D eigenvalue weighted by Gasteiger charge is -2.18. The number of halogens is 2. The van der Waals surface area contributed by atoms with E-state index in [-0.39, 0.29) is 11.9 Å². The topological polar surface area (TPSA) is 29.3 Å². The third-order valence-corrected chi connectivity index (χ3v) is 3.68. The summed E-state index contributed by atoms with van der Waals surface area (Å²) in [6.45, 7) is 2.71. The van der Waals surface area contributed by atoms with Gasteiger partial charge in [0.2, 0.25) is 0 Å². The third kappa shape index (κ3) is 2.64. The van der Waals surface area contributed by atoms with E-state index in [0.717, 1.165) is 17.6 Å². The highest BCUT2D eigenvalue weighted by Crippen LogP contribution is 2.28. The van der Waals surface area contributed by atoms with Crippen LogP contribution in [0.5, 0.6) is 0 Å². The summed E-state index contributed by atoms with van der Waals surface area (Å²) in [6, 6.07) is 10.3. The first-order valence-corrected chi connectivity index (χ1v) is 7.19. The molecular formula is C16H15ClFN3. The number of benzene rings is 1. The highest BCUT2D eigenvalue weighted by atomic mass is 35.5. The molecule has 5 heteroatoms. The lowest BCUT2D eigenvalue weighted by Crippen LogP contribution is -2.22. The molecule has 0 saturated heterocycles. The summed E-state index contributed by atoms with van der Waals surface area (Å²) in [5.74, 6) is -0.316. The van der Waals surface area contributed by atoms with Crippen LogP contribution in [0.3, 0.4) is 0 Å². The molecule has 108 valence electrons. The molecule has 0 radical (unpaired) electrons. The molecule has 3 nitrogen and oxygen atoms in total. The minimum atomic E-state index is -0.316. The van der Waals surface area contributed by atoms with E-state index in [4.69, 9.17) is 11.6 Å². The Morgan fingerprint density at radius 2 is 2.14 bits per heavy atom. The van der Waals surface area contributed by atoms with Crippen molar-refractivity contribution in [2.75, 3.05) is 6.54 Å². The van der Waals surface area contributed by atoms with Crippen LogP contribution < -0.4 is 5.32 Å². The van der Waals surface area contributed by atoms with Gasteiger partial charge >= 0.3 is 0 Å². The summed E-state index contributed by atoms with van der Waals surface area (Å²) in [6.07, 6.45) is 3.65. The Balaban J connectivity index is 2.13. The minimum Gasteiger partial charge on any atom is -0.306 e. The standard InChI is InChI=1S/C16H15ClFN3/c1-2-19-16(12-7-6-11(17)9-14(12)18)13-10-20-21-8-4-3-5-15(13)21/h3-10,16,19H,2H2,1H3. The van der Waals surface area contributed by atoms with Gasteiger partial charge < -0.3 is 5.32 Å². The van der Waals surface area contributed by atoms with Crippen LogP contribution in [0.2, 0.25) is 5.02 Å². The van der Waals surface area contributed by atoms with Crippen LogP contribution in [-0.2, 0) is 0 Å². The minimum absolute atomic E-state index is 0.257. The lowest BCUT2D eigenvalue weighted by molar-refractivity contribution is 0.561. The molecule has 1 N–H and O–H groups in total. The molecule has 3 aromatic rings. The van der Waals surface area contributed by atoms with Gasteiger partial charge in [0.25, 0.3) is 0 Å². The van der Waals surface area contributed by atoms with Crippen molar-refractivity contribution in [3.05, 3.63) is 70.8 Å². The van der Waals surface area contributed by atoms with Crippen LogP contribution in [0.25, 0.3) is 5.52 Å². The molecule has 0 fully saturated rings. The van der Waals surface area contributed by atoms with Gasteiger partial charge in [-0.1, -0.05) is 30.7 Å². The van der Waals surface area contributed by atoms with Gasteiger partial charge in [0.15, 0.2) is 0 Å². The molecule has 2 heterocycles. The van der Waals surface area contributed by atoms with Crippen LogP contribution in [0.15, 0.2) is 48.8 Å². The number of pyridine rings is 1. The van der Waals surface area contributed by atoms with E-state index in [1.807, 2.05) is 31.3 Å². The van der Waals surface area contributed by atoms with E-state index in [0.29, 0.717) is 10.6 Å².